The number of thiol groups is 1. The summed E-state index contributed by atoms with van der Waals surface area (Å²) in [7, 11) is 0. The van der Waals surface area contributed by atoms with Crippen molar-refractivity contribution in [3.63, 3.8) is 0 Å². The Bertz CT molecular complexity index is 107. The molecule has 46 valence electrons. The zero-order valence-corrected chi connectivity index (χ0v) is 5.73. The zero-order valence-electron chi connectivity index (χ0n) is 4.83. The van der Waals surface area contributed by atoms with Gasteiger partial charge in [0.2, 0.25) is 0 Å². The number of nitrogens with zero attached hydrogens (tertiary/aromatic N) is 1. The number of hydrogen-bond acceptors (Lipinski definition) is 3. The first kappa shape index (κ1) is 7.56. The van der Waals surface area contributed by atoms with Crippen molar-refractivity contribution in [1.29, 1.82) is 0 Å². The van der Waals surface area contributed by atoms with Gasteiger partial charge in [-0.2, -0.15) is 12.6 Å². The van der Waals surface area contributed by atoms with Crippen LogP contribution in [0.15, 0.2) is 16.8 Å². The van der Waals surface area contributed by atoms with Gasteiger partial charge in [-0.3, -0.25) is 4.99 Å². The molecule has 0 unspecified atom stereocenters. The molecule has 0 aliphatic carbocycles. The second kappa shape index (κ2) is 4.71. The molecule has 0 atom stereocenters. The lowest BCUT2D eigenvalue weighted by Crippen LogP contribution is -1.84. The Morgan fingerprint density at radius 1 is 1.88 bits per heavy atom. The van der Waals surface area contributed by atoms with Crippen LogP contribution in [0.2, 0.25) is 0 Å². The SMILES string of the molecule is C/C(C=NCS)=C/N. The van der Waals surface area contributed by atoms with Crippen molar-refractivity contribution in [1.82, 2.24) is 0 Å². The molecule has 0 heterocycles. The molecule has 0 aromatic rings. The van der Waals surface area contributed by atoms with Crippen LogP contribution in [0.25, 0.3) is 0 Å². The van der Waals surface area contributed by atoms with Gasteiger partial charge in [0.1, 0.15) is 0 Å². The average Bonchev–Trinajstić information content (AvgIpc) is 1.83. The minimum Gasteiger partial charge on any atom is -0.404 e. The van der Waals surface area contributed by atoms with Crippen molar-refractivity contribution in [3.8, 4) is 0 Å². The molecule has 0 aromatic heterocycles. The Morgan fingerprint density at radius 3 is 2.88 bits per heavy atom. The minimum atomic E-state index is 0.519. The highest BCUT2D eigenvalue weighted by atomic mass is 32.1. The van der Waals surface area contributed by atoms with Gasteiger partial charge in [-0.15, -0.1) is 0 Å². The van der Waals surface area contributed by atoms with Gasteiger partial charge in [0, 0.05) is 6.21 Å². The van der Waals surface area contributed by atoms with Crippen LogP contribution in [0, 0.1) is 0 Å². The quantitative estimate of drug-likeness (QED) is 0.421. The lowest BCUT2D eigenvalue weighted by Gasteiger charge is -1.83. The molecule has 0 fully saturated rings. The summed E-state index contributed by atoms with van der Waals surface area (Å²) in [5.74, 6) is 0.519. The summed E-state index contributed by atoms with van der Waals surface area (Å²) in [4.78, 5) is 3.83. The van der Waals surface area contributed by atoms with Crippen LogP contribution in [0.5, 0.6) is 0 Å². The van der Waals surface area contributed by atoms with Crippen LogP contribution in [0.1, 0.15) is 6.92 Å². The van der Waals surface area contributed by atoms with Crippen molar-refractivity contribution in [2.24, 2.45) is 10.7 Å². The Balaban J connectivity index is 3.53. The fraction of sp³-hybridized carbons (Fsp3) is 0.400. The van der Waals surface area contributed by atoms with E-state index in [9.17, 15) is 0 Å². The Labute approximate surface area is 54.9 Å². The third kappa shape index (κ3) is 3.74. The fourth-order valence-electron chi connectivity index (χ4n) is 0.228. The summed E-state index contributed by atoms with van der Waals surface area (Å²) in [5, 5.41) is 0. The Kier molecular flexibility index (Phi) is 4.45. The third-order valence-corrected chi connectivity index (χ3v) is 0.803. The van der Waals surface area contributed by atoms with E-state index in [2.05, 4.69) is 17.6 Å². The molecule has 0 aliphatic rings. The summed E-state index contributed by atoms with van der Waals surface area (Å²) in [6, 6.07) is 0. The van der Waals surface area contributed by atoms with Crippen molar-refractivity contribution in [2.75, 3.05) is 5.88 Å². The zero-order chi connectivity index (χ0) is 6.41. The molecule has 0 aromatic carbocycles. The smallest absolute Gasteiger partial charge is 0.0814 e. The molecule has 2 nitrogen and oxygen atoms in total. The van der Waals surface area contributed by atoms with Crippen LogP contribution in [0.4, 0.5) is 0 Å². The van der Waals surface area contributed by atoms with Gasteiger partial charge in [0.25, 0.3) is 0 Å². The summed E-state index contributed by atoms with van der Waals surface area (Å²) < 4.78 is 0. The van der Waals surface area contributed by atoms with Crippen molar-refractivity contribution in [2.45, 2.75) is 6.92 Å². The molecule has 0 spiro atoms. The molecular weight excluding hydrogens is 120 g/mol. The number of nitrogens with two attached hydrogens (primary N) is 1. The maximum absolute atomic E-state index is 5.13. The largest absolute Gasteiger partial charge is 0.404 e. The molecule has 8 heavy (non-hydrogen) atoms. The first-order valence-corrected chi connectivity index (χ1v) is 2.93. The van der Waals surface area contributed by atoms with Gasteiger partial charge in [-0.1, -0.05) is 0 Å². The van der Waals surface area contributed by atoms with Crippen LogP contribution in [-0.4, -0.2) is 12.1 Å². The molecule has 0 bridgehead atoms. The van der Waals surface area contributed by atoms with E-state index in [1.54, 1.807) is 6.21 Å². The van der Waals surface area contributed by atoms with Crippen LogP contribution < -0.4 is 5.73 Å². The molecule has 0 saturated heterocycles. The van der Waals surface area contributed by atoms with Gasteiger partial charge in [-0.25, -0.2) is 0 Å². The first-order valence-electron chi connectivity index (χ1n) is 2.30. The topological polar surface area (TPSA) is 38.4 Å². The van der Waals surface area contributed by atoms with E-state index < -0.39 is 0 Å². The summed E-state index contributed by atoms with van der Waals surface area (Å²) in [5.41, 5.74) is 6.09. The van der Waals surface area contributed by atoms with E-state index in [0.717, 1.165) is 5.57 Å². The normalized spacial score (nSPS) is 13.0. The highest BCUT2D eigenvalue weighted by Gasteiger charge is 1.74. The minimum absolute atomic E-state index is 0.519. The van der Waals surface area contributed by atoms with Gasteiger partial charge in [-0.05, 0) is 18.7 Å². The van der Waals surface area contributed by atoms with Gasteiger partial charge in [0.05, 0.1) is 5.88 Å². The van der Waals surface area contributed by atoms with Gasteiger partial charge >= 0.3 is 0 Å². The van der Waals surface area contributed by atoms with Crippen LogP contribution in [-0.2, 0) is 0 Å². The predicted octanol–water partition coefficient (Wildman–Crippen LogP) is 0.807. The average molecular weight is 130 g/mol. The van der Waals surface area contributed by atoms with E-state index in [1.807, 2.05) is 6.92 Å². The molecule has 0 radical (unpaired) electrons. The molecule has 0 rings (SSSR count). The van der Waals surface area contributed by atoms with Crippen LogP contribution >= 0.6 is 12.6 Å². The molecule has 2 N–H and O–H groups in total. The summed E-state index contributed by atoms with van der Waals surface area (Å²) in [6.07, 6.45) is 3.19. The highest BCUT2D eigenvalue weighted by molar-refractivity contribution is 7.80. The van der Waals surface area contributed by atoms with Gasteiger partial charge < -0.3 is 5.73 Å². The number of rotatable bonds is 2. The fourth-order valence-corrected chi connectivity index (χ4v) is 0.309. The van der Waals surface area contributed by atoms with Crippen molar-refractivity contribution in [3.05, 3.63) is 11.8 Å². The Morgan fingerprint density at radius 2 is 2.50 bits per heavy atom. The Hall–Kier alpha value is -0.440. The number of hydrogen-bond donors (Lipinski definition) is 2. The van der Waals surface area contributed by atoms with E-state index >= 15 is 0 Å². The summed E-state index contributed by atoms with van der Waals surface area (Å²) in [6.45, 7) is 1.88. The summed E-state index contributed by atoms with van der Waals surface area (Å²) >= 11 is 3.87. The van der Waals surface area contributed by atoms with E-state index in [-0.39, 0.29) is 0 Å². The van der Waals surface area contributed by atoms with E-state index in [0.29, 0.717) is 5.88 Å². The standard InChI is InChI=1S/C5H10N2S/c1-5(2-6)3-7-4-8/h2-3,8H,4,6H2,1H3/b5-2-,7-3?. The van der Waals surface area contributed by atoms with Crippen LogP contribution in [0.3, 0.4) is 0 Å². The third-order valence-electron chi connectivity index (χ3n) is 0.639. The highest BCUT2D eigenvalue weighted by Crippen LogP contribution is 1.82. The van der Waals surface area contributed by atoms with E-state index in [1.165, 1.54) is 6.20 Å². The number of allylic oxidation sites excluding steroid dienone is 1. The monoisotopic (exact) mass is 130 g/mol. The van der Waals surface area contributed by atoms with Crippen molar-refractivity contribution < 1.29 is 0 Å². The van der Waals surface area contributed by atoms with E-state index in [4.69, 9.17) is 5.73 Å². The van der Waals surface area contributed by atoms with Gasteiger partial charge in [0.15, 0.2) is 0 Å². The predicted molar refractivity (Wildman–Crippen MR) is 40.3 cm³/mol. The molecule has 0 aliphatic heterocycles. The number of aliphatic imine (C=N–C) groups is 1. The second-order valence-electron chi connectivity index (χ2n) is 1.36. The maximum atomic E-state index is 5.13. The molecule has 0 amide bonds. The molecular formula is C5H10N2S. The second-order valence-corrected chi connectivity index (χ2v) is 1.65. The first-order chi connectivity index (χ1) is 3.81. The molecule has 0 saturated carbocycles. The maximum Gasteiger partial charge on any atom is 0.0814 e. The lowest BCUT2D eigenvalue weighted by molar-refractivity contribution is 1.38. The lowest BCUT2D eigenvalue weighted by atomic mass is 10.4. The molecule has 3 heteroatoms. The van der Waals surface area contributed by atoms with Crippen molar-refractivity contribution >= 4 is 18.8 Å².